The Morgan fingerprint density at radius 2 is 1.10 bits per heavy atom. The average molecular weight is 166 g/mol. The Hall–Kier alpha value is 0.687. The van der Waals surface area contributed by atoms with Crippen molar-refractivity contribution in [3.05, 3.63) is 0 Å². The van der Waals surface area contributed by atoms with Gasteiger partial charge < -0.3 is 5.11 Å². The van der Waals surface area contributed by atoms with E-state index in [-0.39, 0.29) is 25.0 Å². The van der Waals surface area contributed by atoms with Crippen LogP contribution in [0.15, 0.2) is 0 Å². The molecule has 0 fully saturated rings. The molecule has 0 spiro atoms. The minimum atomic E-state index is -4.94. The molecule has 0 aliphatic rings. The van der Waals surface area contributed by atoms with E-state index in [1.54, 1.807) is 13.8 Å². The Morgan fingerprint density at radius 1 is 1.10 bits per heavy atom. The fourth-order valence-electron chi connectivity index (χ4n) is 0. The van der Waals surface area contributed by atoms with E-state index < -0.39 is 10.2 Å². The zero-order chi connectivity index (χ0) is 8.08. The van der Waals surface area contributed by atoms with Crippen LogP contribution in [0.2, 0.25) is 0 Å². The third-order valence-electron chi connectivity index (χ3n) is 0. The van der Waals surface area contributed by atoms with Crippen LogP contribution in [0.5, 0.6) is 0 Å². The van der Waals surface area contributed by atoms with Crippen molar-refractivity contribution in [1.82, 2.24) is 0 Å². The summed E-state index contributed by atoms with van der Waals surface area (Å²) in [5, 5.41) is 8.06. The molecule has 0 saturated heterocycles. The second-order valence-electron chi connectivity index (χ2n) is 1.47. The van der Waals surface area contributed by atoms with Gasteiger partial charge in [0.05, 0.1) is 0 Å². The molecule has 7 heteroatoms. The van der Waals surface area contributed by atoms with Crippen LogP contribution in [0, 0.1) is 10.2 Å². The van der Waals surface area contributed by atoms with Crippen LogP contribution in [0.4, 0.5) is 0 Å². The predicted octanol–water partition coefficient (Wildman–Crippen LogP) is -7.36. The Bertz CT molecular complexity index is 53.6. The van der Waals surface area contributed by atoms with E-state index in [9.17, 15) is 0 Å². The molecule has 10 heavy (non-hydrogen) atoms. The second-order valence-corrected chi connectivity index (χ2v) is 2.23. The number of aliphatic hydroxyl groups excluding tert-OH is 1. The van der Waals surface area contributed by atoms with Gasteiger partial charge in [-0.25, -0.2) is 18.6 Å². The van der Waals surface area contributed by atoms with Gasteiger partial charge in [0, 0.05) is 6.10 Å². The molecule has 0 bridgehead atoms. The summed E-state index contributed by atoms with van der Waals surface area (Å²) >= 11 is 0. The Kier molecular flexibility index (Phi) is 13.2. The molecular formula is C3H8ClLiO5. The first kappa shape index (κ1) is 17.0. The third-order valence-corrected chi connectivity index (χ3v) is 0. The van der Waals surface area contributed by atoms with Gasteiger partial charge in [0.1, 0.15) is 0 Å². The molecule has 58 valence electrons. The molecule has 0 radical (unpaired) electrons. The SMILES string of the molecule is CC(C)O.[Li+].[O-][Cl+3]([O-])([O-])[O-]. The van der Waals surface area contributed by atoms with Gasteiger partial charge in [-0.05, 0) is 13.8 Å². The van der Waals surface area contributed by atoms with E-state index in [1.807, 2.05) is 0 Å². The summed E-state index contributed by atoms with van der Waals surface area (Å²) in [4.78, 5) is 0. The molecule has 0 heterocycles. The van der Waals surface area contributed by atoms with Crippen LogP contribution in [0.25, 0.3) is 0 Å². The summed E-state index contributed by atoms with van der Waals surface area (Å²) in [6.07, 6.45) is -0.167. The fraction of sp³-hybridized carbons (Fsp3) is 1.00. The topological polar surface area (TPSA) is 112 Å². The Balaban J connectivity index is -0.0000000910. The molecule has 1 N–H and O–H groups in total. The van der Waals surface area contributed by atoms with Crippen LogP contribution >= 0.6 is 0 Å². The van der Waals surface area contributed by atoms with E-state index in [1.165, 1.54) is 0 Å². The van der Waals surface area contributed by atoms with Gasteiger partial charge in [-0.15, -0.1) is 10.2 Å². The molecule has 0 atom stereocenters. The van der Waals surface area contributed by atoms with Crippen LogP contribution < -0.4 is 37.5 Å². The van der Waals surface area contributed by atoms with Gasteiger partial charge in [0.25, 0.3) is 0 Å². The summed E-state index contributed by atoms with van der Waals surface area (Å²) in [5.74, 6) is 0. The number of hydrogen-bond donors (Lipinski definition) is 1. The standard InChI is InChI=1S/C3H8O.ClHO4.Li/c1-3(2)4;2-1(3,4)5;/h3-4H,1-2H3;(H,2,3,4,5);/q;;+1/p-1. The number of aliphatic hydroxyl groups is 1. The predicted molar refractivity (Wildman–Crippen MR) is 17.4 cm³/mol. The van der Waals surface area contributed by atoms with Crippen LogP contribution in [0.3, 0.4) is 0 Å². The first-order chi connectivity index (χ1) is 3.73. The van der Waals surface area contributed by atoms with E-state index in [0.29, 0.717) is 0 Å². The Morgan fingerprint density at radius 3 is 1.10 bits per heavy atom. The van der Waals surface area contributed by atoms with Gasteiger partial charge in [-0.1, -0.05) is 0 Å². The molecule has 0 aliphatic heterocycles. The largest absolute Gasteiger partial charge is 1.00 e. The van der Waals surface area contributed by atoms with Gasteiger partial charge >= 0.3 is 18.9 Å². The molecule has 0 aromatic rings. The molecule has 0 aromatic carbocycles. The van der Waals surface area contributed by atoms with Crippen molar-refractivity contribution < 1.29 is 52.8 Å². The summed E-state index contributed by atoms with van der Waals surface area (Å²) in [7, 11) is -4.94. The second kappa shape index (κ2) is 7.79. The van der Waals surface area contributed by atoms with Crippen molar-refractivity contribution in [2.75, 3.05) is 0 Å². The van der Waals surface area contributed by atoms with E-state index in [2.05, 4.69) is 0 Å². The maximum absolute atomic E-state index is 8.49. The molecule has 0 aliphatic carbocycles. The van der Waals surface area contributed by atoms with Crippen LogP contribution in [-0.4, -0.2) is 11.2 Å². The average Bonchev–Trinajstić information content (AvgIpc) is 1.19. The summed E-state index contributed by atoms with van der Waals surface area (Å²) in [6.45, 7) is 3.44. The van der Waals surface area contributed by atoms with Crippen LogP contribution in [-0.2, 0) is 0 Å². The number of rotatable bonds is 0. The zero-order valence-corrected chi connectivity index (χ0v) is 6.79. The molecule has 0 saturated carbocycles. The molecule has 0 unspecified atom stereocenters. The van der Waals surface area contributed by atoms with Crippen molar-refractivity contribution in [1.29, 1.82) is 0 Å². The fourth-order valence-corrected chi connectivity index (χ4v) is 0. The molecule has 0 aromatic heterocycles. The smallest absolute Gasteiger partial charge is 0.394 e. The summed E-state index contributed by atoms with van der Waals surface area (Å²) in [5.41, 5.74) is 0. The van der Waals surface area contributed by atoms with Crippen molar-refractivity contribution >= 4 is 0 Å². The maximum Gasteiger partial charge on any atom is 1.00 e. The van der Waals surface area contributed by atoms with Gasteiger partial charge in [0.2, 0.25) is 0 Å². The van der Waals surface area contributed by atoms with Crippen molar-refractivity contribution in [3.8, 4) is 0 Å². The zero-order valence-electron chi connectivity index (χ0n) is 6.04. The molecular weight excluding hydrogens is 158 g/mol. The monoisotopic (exact) mass is 166 g/mol. The quantitative estimate of drug-likeness (QED) is 0.359. The summed E-state index contributed by atoms with van der Waals surface area (Å²) in [6, 6.07) is 0. The maximum atomic E-state index is 8.49. The molecule has 0 rings (SSSR count). The van der Waals surface area contributed by atoms with E-state index in [4.69, 9.17) is 23.7 Å². The first-order valence-electron chi connectivity index (χ1n) is 2.03. The number of halogens is 1. The summed E-state index contributed by atoms with van der Waals surface area (Å²) < 4.78 is 34.0. The first-order valence-corrected chi connectivity index (χ1v) is 3.26. The van der Waals surface area contributed by atoms with Gasteiger partial charge in [-0.3, -0.25) is 0 Å². The number of hydrogen-bond acceptors (Lipinski definition) is 5. The van der Waals surface area contributed by atoms with Gasteiger partial charge in [0.15, 0.2) is 0 Å². The van der Waals surface area contributed by atoms with Crippen molar-refractivity contribution in [3.63, 3.8) is 0 Å². The van der Waals surface area contributed by atoms with Crippen molar-refractivity contribution in [2.24, 2.45) is 0 Å². The van der Waals surface area contributed by atoms with E-state index in [0.717, 1.165) is 0 Å². The molecule has 5 nitrogen and oxygen atoms in total. The van der Waals surface area contributed by atoms with Crippen molar-refractivity contribution in [2.45, 2.75) is 20.0 Å². The molecule has 0 amide bonds. The Labute approximate surface area is 73.2 Å². The minimum absolute atomic E-state index is 0. The van der Waals surface area contributed by atoms with Crippen LogP contribution in [0.1, 0.15) is 13.8 Å². The normalized spacial score (nSPS) is 9.60. The van der Waals surface area contributed by atoms with E-state index >= 15 is 0 Å². The van der Waals surface area contributed by atoms with Gasteiger partial charge in [-0.2, -0.15) is 0 Å². The minimum Gasteiger partial charge on any atom is -0.394 e. The third kappa shape index (κ3) is 1090.